The lowest BCUT2D eigenvalue weighted by atomic mass is 9.98. The van der Waals surface area contributed by atoms with Crippen molar-refractivity contribution < 1.29 is 14.3 Å². The molecule has 2 rings (SSSR count). The number of amides is 2. The monoisotopic (exact) mass is 363 g/mol. The standard InChI is InChI=1S/C19H29N3O4/c1-19(2,3)26-18(25)20-12-15(14-8-4-5-9-14)21-16(23)13-22-11-7-6-10-17(22)24/h6-7,10-11,14-15H,4-5,8-9,12-13H2,1-3H3,(H,20,25)(H,21,23)/t15-/m1/s1. The van der Waals surface area contributed by atoms with Gasteiger partial charge in [-0.3, -0.25) is 9.59 Å². The number of alkyl carbamates (subject to hydrolysis) is 1. The highest BCUT2D eigenvalue weighted by Crippen LogP contribution is 2.27. The van der Waals surface area contributed by atoms with Crippen molar-refractivity contribution in [3.05, 3.63) is 34.7 Å². The van der Waals surface area contributed by atoms with Crippen molar-refractivity contribution in [3.8, 4) is 0 Å². The van der Waals surface area contributed by atoms with Gasteiger partial charge in [-0.05, 0) is 45.6 Å². The molecule has 7 nitrogen and oxygen atoms in total. The zero-order valence-corrected chi connectivity index (χ0v) is 15.8. The number of nitrogens with one attached hydrogen (secondary N) is 2. The molecule has 0 unspecified atom stereocenters. The van der Waals surface area contributed by atoms with Gasteiger partial charge >= 0.3 is 6.09 Å². The van der Waals surface area contributed by atoms with Crippen LogP contribution in [0.4, 0.5) is 4.79 Å². The highest BCUT2D eigenvalue weighted by Gasteiger charge is 2.27. The molecule has 7 heteroatoms. The average molecular weight is 363 g/mol. The van der Waals surface area contributed by atoms with Gasteiger partial charge in [-0.1, -0.05) is 18.9 Å². The maximum atomic E-state index is 12.4. The second-order valence-electron chi connectivity index (χ2n) is 7.77. The summed E-state index contributed by atoms with van der Waals surface area (Å²) < 4.78 is 6.62. The van der Waals surface area contributed by atoms with Gasteiger partial charge in [-0.15, -0.1) is 0 Å². The number of hydrogen-bond donors (Lipinski definition) is 2. The van der Waals surface area contributed by atoms with Crippen LogP contribution in [0.2, 0.25) is 0 Å². The zero-order chi connectivity index (χ0) is 19.2. The van der Waals surface area contributed by atoms with Crippen molar-refractivity contribution in [2.24, 2.45) is 5.92 Å². The van der Waals surface area contributed by atoms with Crippen molar-refractivity contribution >= 4 is 12.0 Å². The van der Waals surface area contributed by atoms with Crippen LogP contribution < -0.4 is 16.2 Å². The molecule has 1 atom stereocenters. The number of nitrogens with zero attached hydrogens (tertiary/aromatic N) is 1. The highest BCUT2D eigenvalue weighted by molar-refractivity contribution is 5.76. The summed E-state index contributed by atoms with van der Waals surface area (Å²) in [4.78, 5) is 36.1. The number of rotatable bonds is 6. The lowest BCUT2D eigenvalue weighted by molar-refractivity contribution is -0.122. The molecule has 0 aliphatic heterocycles. The molecule has 0 aromatic carbocycles. The first-order valence-corrected chi connectivity index (χ1v) is 9.16. The molecule has 1 aliphatic carbocycles. The first-order chi connectivity index (χ1) is 12.2. The van der Waals surface area contributed by atoms with Crippen LogP contribution in [0.15, 0.2) is 29.2 Å². The van der Waals surface area contributed by atoms with Gasteiger partial charge in [0.1, 0.15) is 12.1 Å². The number of carbonyl (C=O) groups is 2. The van der Waals surface area contributed by atoms with Crippen LogP contribution in [-0.2, 0) is 16.1 Å². The predicted octanol–water partition coefficient (Wildman–Crippen LogP) is 2.05. The van der Waals surface area contributed by atoms with E-state index in [1.807, 2.05) is 0 Å². The molecule has 0 saturated heterocycles. The van der Waals surface area contributed by atoms with E-state index in [-0.39, 0.29) is 24.1 Å². The Balaban J connectivity index is 1.94. The fraction of sp³-hybridized carbons (Fsp3) is 0.632. The normalized spacial score (nSPS) is 16.1. The molecule has 0 bridgehead atoms. The van der Waals surface area contributed by atoms with Crippen LogP contribution in [0.5, 0.6) is 0 Å². The summed E-state index contributed by atoms with van der Waals surface area (Å²) in [6.45, 7) is 5.70. The summed E-state index contributed by atoms with van der Waals surface area (Å²) in [7, 11) is 0. The van der Waals surface area contributed by atoms with Gasteiger partial charge in [-0.2, -0.15) is 0 Å². The average Bonchev–Trinajstić information content (AvgIpc) is 3.06. The minimum Gasteiger partial charge on any atom is -0.444 e. The Morgan fingerprint density at radius 3 is 2.58 bits per heavy atom. The molecule has 2 amide bonds. The van der Waals surface area contributed by atoms with Gasteiger partial charge in [0.25, 0.3) is 5.56 Å². The number of ether oxygens (including phenoxy) is 1. The zero-order valence-electron chi connectivity index (χ0n) is 15.8. The second-order valence-corrected chi connectivity index (χ2v) is 7.77. The molecule has 0 spiro atoms. The SMILES string of the molecule is CC(C)(C)OC(=O)NC[C@@H](NC(=O)Cn1ccccc1=O)C1CCCC1. The van der Waals surface area contributed by atoms with E-state index in [1.165, 1.54) is 10.6 Å². The largest absolute Gasteiger partial charge is 0.444 e. The van der Waals surface area contributed by atoms with Crippen LogP contribution in [0.25, 0.3) is 0 Å². The molecule has 1 aromatic rings. The van der Waals surface area contributed by atoms with E-state index < -0.39 is 11.7 Å². The molecular formula is C19H29N3O4. The Hall–Kier alpha value is -2.31. The van der Waals surface area contributed by atoms with Crippen LogP contribution in [0.3, 0.4) is 0 Å². The van der Waals surface area contributed by atoms with E-state index in [0.29, 0.717) is 12.5 Å². The summed E-state index contributed by atoms with van der Waals surface area (Å²) in [5.41, 5.74) is -0.781. The Kier molecular flexibility index (Phi) is 6.83. The number of pyridine rings is 1. The van der Waals surface area contributed by atoms with Gasteiger partial charge in [0.05, 0.1) is 0 Å². The summed E-state index contributed by atoms with van der Waals surface area (Å²) in [6, 6.07) is 4.61. The van der Waals surface area contributed by atoms with E-state index >= 15 is 0 Å². The van der Waals surface area contributed by atoms with Crippen LogP contribution in [0.1, 0.15) is 46.5 Å². The summed E-state index contributed by atoms with van der Waals surface area (Å²) in [5.74, 6) is 0.0857. The van der Waals surface area contributed by atoms with E-state index in [9.17, 15) is 14.4 Å². The Morgan fingerprint density at radius 2 is 1.96 bits per heavy atom. The van der Waals surface area contributed by atoms with E-state index in [4.69, 9.17) is 4.74 Å². The molecule has 144 valence electrons. The van der Waals surface area contributed by atoms with Gasteiger partial charge in [0.2, 0.25) is 5.91 Å². The van der Waals surface area contributed by atoms with Crippen molar-refractivity contribution in [1.29, 1.82) is 0 Å². The topological polar surface area (TPSA) is 89.4 Å². The summed E-state index contributed by atoms with van der Waals surface area (Å²) in [5, 5.41) is 5.74. The molecule has 1 heterocycles. The van der Waals surface area contributed by atoms with Crippen molar-refractivity contribution in [3.63, 3.8) is 0 Å². The first-order valence-electron chi connectivity index (χ1n) is 9.16. The number of hydrogen-bond acceptors (Lipinski definition) is 4. The van der Waals surface area contributed by atoms with Gasteiger partial charge in [0, 0.05) is 24.8 Å². The van der Waals surface area contributed by atoms with E-state index in [2.05, 4.69) is 10.6 Å². The Labute approximate surface area is 154 Å². The minimum atomic E-state index is -0.565. The third kappa shape index (κ3) is 6.54. The van der Waals surface area contributed by atoms with Crippen LogP contribution in [-0.4, -0.2) is 34.8 Å². The van der Waals surface area contributed by atoms with Gasteiger partial charge in [0.15, 0.2) is 0 Å². The third-order valence-electron chi connectivity index (χ3n) is 4.39. The molecule has 26 heavy (non-hydrogen) atoms. The first kappa shape index (κ1) is 20.0. The molecule has 0 radical (unpaired) electrons. The third-order valence-corrected chi connectivity index (χ3v) is 4.39. The van der Waals surface area contributed by atoms with E-state index in [0.717, 1.165) is 25.7 Å². The lowest BCUT2D eigenvalue weighted by Gasteiger charge is -2.26. The number of carbonyl (C=O) groups excluding carboxylic acids is 2. The van der Waals surface area contributed by atoms with E-state index in [1.54, 1.807) is 39.1 Å². The molecule has 1 saturated carbocycles. The second kappa shape index (κ2) is 8.87. The summed E-state index contributed by atoms with van der Waals surface area (Å²) in [6.07, 6.45) is 5.39. The van der Waals surface area contributed by atoms with Crippen LogP contribution in [0, 0.1) is 5.92 Å². The highest BCUT2D eigenvalue weighted by atomic mass is 16.6. The van der Waals surface area contributed by atoms with Crippen molar-refractivity contribution in [2.75, 3.05) is 6.54 Å². The van der Waals surface area contributed by atoms with Gasteiger partial charge < -0.3 is 19.9 Å². The molecule has 1 aromatic heterocycles. The fourth-order valence-corrected chi connectivity index (χ4v) is 3.20. The molecule has 2 N–H and O–H groups in total. The smallest absolute Gasteiger partial charge is 0.407 e. The molecule has 1 fully saturated rings. The van der Waals surface area contributed by atoms with Gasteiger partial charge in [-0.25, -0.2) is 4.79 Å². The van der Waals surface area contributed by atoms with Crippen LogP contribution >= 0.6 is 0 Å². The lowest BCUT2D eigenvalue weighted by Crippen LogP contribution is -2.49. The predicted molar refractivity (Wildman–Crippen MR) is 98.8 cm³/mol. The number of aromatic nitrogens is 1. The van der Waals surface area contributed by atoms with Crippen molar-refractivity contribution in [2.45, 2.75) is 64.6 Å². The Bertz CT molecular complexity index is 672. The quantitative estimate of drug-likeness (QED) is 0.809. The maximum Gasteiger partial charge on any atom is 0.407 e. The minimum absolute atomic E-state index is 0.0324. The fourth-order valence-electron chi connectivity index (χ4n) is 3.20. The molecule has 1 aliphatic rings. The molecular weight excluding hydrogens is 334 g/mol. The summed E-state index contributed by atoms with van der Waals surface area (Å²) >= 11 is 0. The van der Waals surface area contributed by atoms with Crippen molar-refractivity contribution in [1.82, 2.24) is 15.2 Å². The Morgan fingerprint density at radius 1 is 1.27 bits per heavy atom. The maximum absolute atomic E-state index is 12.4.